The number of hydrogen-bond donors (Lipinski definition) is 1. The van der Waals surface area contributed by atoms with Crippen LogP contribution in [0.15, 0.2) is 0 Å². The maximum Gasteiger partial charge on any atom is 0.0159 e. The summed E-state index contributed by atoms with van der Waals surface area (Å²) in [4.78, 5) is 0. The van der Waals surface area contributed by atoms with Gasteiger partial charge in [0.1, 0.15) is 0 Å². The second-order valence-corrected chi connectivity index (χ2v) is 4.18. The molecule has 2 fully saturated rings. The molecule has 1 atom stereocenters. The first-order valence-electron chi connectivity index (χ1n) is 3.93. The quantitative estimate of drug-likeness (QED) is 0.619. The van der Waals surface area contributed by atoms with E-state index in [0.29, 0.717) is 5.41 Å². The predicted molar refractivity (Wildman–Crippen MR) is 45.5 cm³/mol. The van der Waals surface area contributed by atoms with Gasteiger partial charge in [-0.15, -0.1) is 12.4 Å². The third-order valence-corrected chi connectivity index (χ3v) is 2.71. The van der Waals surface area contributed by atoms with Crippen LogP contribution in [0.1, 0.15) is 26.7 Å². The van der Waals surface area contributed by atoms with Crippen molar-refractivity contribution in [2.75, 3.05) is 6.54 Å². The first-order chi connectivity index (χ1) is 4.20. The third-order valence-electron chi connectivity index (χ3n) is 2.71. The zero-order chi connectivity index (χ0) is 6.48. The van der Waals surface area contributed by atoms with Crippen LogP contribution < -0.4 is 5.32 Å². The Morgan fingerprint density at radius 2 is 1.90 bits per heavy atom. The number of halogens is 1. The highest BCUT2D eigenvalue weighted by Crippen LogP contribution is 2.44. The molecule has 2 heteroatoms. The van der Waals surface area contributed by atoms with E-state index in [1.165, 1.54) is 19.4 Å². The Hall–Kier alpha value is 0.250. The summed E-state index contributed by atoms with van der Waals surface area (Å²) in [5.41, 5.74) is 0.612. The van der Waals surface area contributed by atoms with E-state index in [4.69, 9.17) is 0 Å². The van der Waals surface area contributed by atoms with Gasteiger partial charge in [-0.2, -0.15) is 0 Å². The molecule has 1 aliphatic carbocycles. The molecule has 0 spiro atoms. The van der Waals surface area contributed by atoms with E-state index in [1.54, 1.807) is 0 Å². The summed E-state index contributed by atoms with van der Waals surface area (Å²) in [6.45, 7) is 5.97. The topological polar surface area (TPSA) is 12.0 Å². The Morgan fingerprint density at radius 1 is 1.30 bits per heavy atom. The average molecular weight is 162 g/mol. The van der Waals surface area contributed by atoms with Crippen LogP contribution in [-0.2, 0) is 0 Å². The maximum absolute atomic E-state index is 3.50. The second kappa shape index (κ2) is 2.38. The van der Waals surface area contributed by atoms with Crippen LogP contribution in [0, 0.1) is 11.3 Å². The van der Waals surface area contributed by atoms with Gasteiger partial charge in [0.05, 0.1) is 0 Å². The lowest BCUT2D eigenvalue weighted by Gasteiger charge is -2.46. The van der Waals surface area contributed by atoms with Crippen LogP contribution in [0.4, 0.5) is 0 Å². The molecule has 2 aliphatic rings. The molecule has 0 radical (unpaired) electrons. The van der Waals surface area contributed by atoms with Crippen LogP contribution in [0.25, 0.3) is 0 Å². The standard InChI is InChI=1S/C8H15N.ClH/c1-8(2)5-9-7(8)6-3-4-6;/h6-7,9H,3-5H2,1-2H3;1H. The molecule has 0 amide bonds. The molecule has 1 N–H and O–H groups in total. The van der Waals surface area contributed by atoms with E-state index in [1.807, 2.05) is 0 Å². The molecule has 0 aromatic heterocycles. The average Bonchev–Trinajstić information content (AvgIpc) is 2.48. The third kappa shape index (κ3) is 1.17. The van der Waals surface area contributed by atoms with Crippen molar-refractivity contribution in [1.82, 2.24) is 5.32 Å². The highest BCUT2D eigenvalue weighted by molar-refractivity contribution is 5.85. The molecule has 0 aromatic rings. The number of rotatable bonds is 1. The summed E-state index contributed by atoms with van der Waals surface area (Å²) < 4.78 is 0. The minimum absolute atomic E-state index is 0. The van der Waals surface area contributed by atoms with E-state index < -0.39 is 0 Å². The summed E-state index contributed by atoms with van der Waals surface area (Å²) in [5, 5.41) is 3.50. The summed E-state index contributed by atoms with van der Waals surface area (Å²) in [6, 6.07) is 0.859. The fraction of sp³-hybridized carbons (Fsp3) is 1.00. The van der Waals surface area contributed by atoms with Crippen LogP contribution in [0.5, 0.6) is 0 Å². The Balaban J connectivity index is 0.000000500. The molecule has 1 saturated carbocycles. The van der Waals surface area contributed by atoms with Crippen molar-refractivity contribution in [3.8, 4) is 0 Å². The summed E-state index contributed by atoms with van der Waals surface area (Å²) in [6.07, 6.45) is 2.95. The minimum atomic E-state index is 0. The van der Waals surface area contributed by atoms with E-state index in [-0.39, 0.29) is 12.4 Å². The molecule has 2 rings (SSSR count). The largest absolute Gasteiger partial charge is 0.313 e. The molecule has 1 saturated heterocycles. The van der Waals surface area contributed by atoms with Gasteiger partial charge in [-0.1, -0.05) is 13.8 Å². The summed E-state index contributed by atoms with van der Waals surface area (Å²) in [5.74, 6) is 1.04. The molecule has 1 unspecified atom stereocenters. The predicted octanol–water partition coefficient (Wildman–Crippen LogP) is 1.82. The van der Waals surface area contributed by atoms with Crippen molar-refractivity contribution in [2.24, 2.45) is 11.3 Å². The number of hydrogen-bond acceptors (Lipinski definition) is 1. The summed E-state index contributed by atoms with van der Waals surface area (Å²) in [7, 11) is 0. The molecular formula is C8H16ClN. The van der Waals surface area contributed by atoms with E-state index in [2.05, 4.69) is 19.2 Å². The van der Waals surface area contributed by atoms with Crippen molar-refractivity contribution in [3.63, 3.8) is 0 Å². The molecule has 0 bridgehead atoms. The monoisotopic (exact) mass is 161 g/mol. The van der Waals surface area contributed by atoms with E-state index >= 15 is 0 Å². The Kier molecular flexibility index (Phi) is 1.99. The molecule has 0 aromatic carbocycles. The smallest absolute Gasteiger partial charge is 0.0159 e. The highest BCUT2D eigenvalue weighted by atomic mass is 35.5. The van der Waals surface area contributed by atoms with E-state index in [0.717, 1.165) is 12.0 Å². The molecular weight excluding hydrogens is 146 g/mol. The summed E-state index contributed by atoms with van der Waals surface area (Å²) >= 11 is 0. The molecule has 1 nitrogen and oxygen atoms in total. The SMILES string of the molecule is CC1(C)CNC1C1CC1.Cl. The molecule has 60 valence electrons. The minimum Gasteiger partial charge on any atom is -0.313 e. The van der Waals surface area contributed by atoms with Crippen molar-refractivity contribution < 1.29 is 0 Å². The van der Waals surface area contributed by atoms with Crippen molar-refractivity contribution >= 4 is 12.4 Å². The zero-order valence-electron chi connectivity index (χ0n) is 6.68. The maximum atomic E-state index is 3.50. The van der Waals surface area contributed by atoms with Crippen molar-refractivity contribution in [2.45, 2.75) is 32.7 Å². The van der Waals surface area contributed by atoms with Gasteiger partial charge in [0, 0.05) is 12.6 Å². The van der Waals surface area contributed by atoms with Gasteiger partial charge in [-0.3, -0.25) is 0 Å². The van der Waals surface area contributed by atoms with Crippen molar-refractivity contribution in [3.05, 3.63) is 0 Å². The van der Waals surface area contributed by atoms with Gasteiger partial charge in [-0.05, 0) is 24.2 Å². The van der Waals surface area contributed by atoms with Gasteiger partial charge in [0.2, 0.25) is 0 Å². The van der Waals surface area contributed by atoms with Gasteiger partial charge < -0.3 is 5.32 Å². The van der Waals surface area contributed by atoms with Gasteiger partial charge in [0.25, 0.3) is 0 Å². The van der Waals surface area contributed by atoms with Crippen LogP contribution in [0.3, 0.4) is 0 Å². The van der Waals surface area contributed by atoms with Crippen molar-refractivity contribution in [1.29, 1.82) is 0 Å². The van der Waals surface area contributed by atoms with Crippen LogP contribution in [0.2, 0.25) is 0 Å². The van der Waals surface area contributed by atoms with Gasteiger partial charge >= 0.3 is 0 Å². The van der Waals surface area contributed by atoms with Crippen LogP contribution >= 0.6 is 12.4 Å². The fourth-order valence-corrected chi connectivity index (χ4v) is 1.86. The Labute approximate surface area is 69.0 Å². The normalized spacial score (nSPS) is 36.0. The lowest BCUT2D eigenvalue weighted by molar-refractivity contribution is 0.108. The second-order valence-electron chi connectivity index (χ2n) is 4.18. The first-order valence-corrected chi connectivity index (χ1v) is 3.93. The van der Waals surface area contributed by atoms with Gasteiger partial charge in [-0.25, -0.2) is 0 Å². The van der Waals surface area contributed by atoms with Crippen LogP contribution in [-0.4, -0.2) is 12.6 Å². The first kappa shape index (κ1) is 8.35. The highest BCUT2D eigenvalue weighted by Gasteiger charge is 2.46. The fourth-order valence-electron chi connectivity index (χ4n) is 1.86. The molecule has 1 aliphatic heterocycles. The van der Waals surface area contributed by atoms with E-state index in [9.17, 15) is 0 Å². The molecule has 1 heterocycles. The lowest BCUT2D eigenvalue weighted by atomic mass is 9.75. The lowest BCUT2D eigenvalue weighted by Crippen LogP contribution is -2.60. The number of nitrogens with one attached hydrogen (secondary N) is 1. The van der Waals surface area contributed by atoms with Gasteiger partial charge in [0.15, 0.2) is 0 Å². The zero-order valence-corrected chi connectivity index (χ0v) is 7.50. The molecule has 10 heavy (non-hydrogen) atoms. The Morgan fingerprint density at radius 3 is 2.00 bits per heavy atom. The Bertz CT molecular complexity index is 129.